The number of halogens is 1. The molecule has 1 aromatic carbocycles. The molecule has 108 valence electrons. The molecule has 2 nitrogen and oxygen atoms in total. The Morgan fingerprint density at radius 2 is 1.85 bits per heavy atom. The molecule has 1 heterocycles. The standard InChI is InChI=1S/C17H22BrNO/c1-16(2)8-14-9-17(3,10-16)11-19(14)15(20)12-4-6-13(18)7-5-12/h4-7,14H,8-11H2,1-3H3. The van der Waals surface area contributed by atoms with Crippen molar-refractivity contribution < 1.29 is 4.79 Å². The second-order valence-corrected chi connectivity index (χ2v) is 8.57. The van der Waals surface area contributed by atoms with Crippen molar-refractivity contribution in [2.24, 2.45) is 10.8 Å². The highest BCUT2D eigenvalue weighted by Crippen LogP contribution is 2.52. The first-order valence-electron chi connectivity index (χ1n) is 7.35. The molecular formula is C17H22BrNO. The Morgan fingerprint density at radius 1 is 1.20 bits per heavy atom. The van der Waals surface area contributed by atoms with Gasteiger partial charge >= 0.3 is 0 Å². The van der Waals surface area contributed by atoms with Crippen LogP contribution in [0.4, 0.5) is 0 Å². The molecule has 0 aromatic heterocycles. The van der Waals surface area contributed by atoms with Crippen molar-refractivity contribution in [3.63, 3.8) is 0 Å². The maximum absolute atomic E-state index is 12.8. The lowest BCUT2D eigenvalue weighted by Gasteiger charge is -2.39. The van der Waals surface area contributed by atoms with Gasteiger partial charge in [-0.05, 0) is 54.4 Å². The normalized spacial score (nSPS) is 31.4. The second-order valence-electron chi connectivity index (χ2n) is 7.65. The Hall–Kier alpha value is -0.830. The van der Waals surface area contributed by atoms with Crippen LogP contribution in [-0.4, -0.2) is 23.4 Å². The smallest absolute Gasteiger partial charge is 0.254 e. The van der Waals surface area contributed by atoms with E-state index in [9.17, 15) is 4.79 Å². The summed E-state index contributed by atoms with van der Waals surface area (Å²) >= 11 is 3.42. The van der Waals surface area contributed by atoms with Gasteiger partial charge in [0, 0.05) is 22.6 Å². The summed E-state index contributed by atoms with van der Waals surface area (Å²) in [6, 6.07) is 8.15. The highest BCUT2D eigenvalue weighted by Gasteiger charge is 2.50. The van der Waals surface area contributed by atoms with E-state index in [4.69, 9.17) is 0 Å². The summed E-state index contributed by atoms with van der Waals surface area (Å²) in [5, 5.41) is 0. The third kappa shape index (κ3) is 2.52. The molecule has 2 fully saturated rings. The van der Waals surface area contributed by atoms with Crippen LogP contribution < -0.4 is 0 Å². The van der Waals surface area contributed by atoms with Gasteiger partial charge in [0.15, 0.2) is 0 Å². The number of nitrogens with zero attached hydrogens (tertiary/aromatic N) is 1. The number of fused-ring (bicyclic) bond motifs is 2. The van der Waals surface area contributed by atoms with Crippen molar-refractivity contribution in [1.29, 1.82) is 0 Å². The predicted octanol–water partition coefficient (Wildman–Crippen LogP) is 4.49. The molecule has 0 radical (unpaired) electrons. The van der Waals surface area contributed by atoms with Gasteiger partial charge in [-0.1, -0.05) is 36.7 Å². The summed E-state index contributed by atoms with van der Waals surface area (Å²) < 4.78 is 1.02. The number of hydrogen-bond donors (Lipinski definition) is 0. The van der Waals surface area contributed by atoms with E-state index >= 15 is 0 Å². The topological polar surface area (TPSA) is 20.3 Å². The molecule has 1 aromatic rings. The summed E-state index contributed by atoms with van der Waals surface area (Å²) in [6.07, 6.45) is 3.52. The van der Waals surface area contributed by atoms with Gasteiger partial charge in [-0.2, -0.15) is 0 Å². The molecule has 2 aliphatic rings. The van der Waals surface area contributed by atoms with Crippen molar-refractivity contribution in [3.8, 4) is 0 Å². The number of carbonyl (C=O) groups is 1. The monoisotopic (exact) mass is 335 g/mol. The Balaban J connectivity index is 1.85. The lowest BCUT2D eigenvalue weighted by Crippen LogP contribution is -2.37. The average molecular weight is 336 g/mol. The maximum Gasteiger partial charge on any atom is 0.254 e. The molecule has 2 unspecified atom stereocenters. The fraction of sp³-hybridized carbons (Fsp3) is 0.588. The minimum absolute atomic E-state index is 0.198. The van der Waals surface area contributed by atoms with Gasteiger partial charge in [0.1, 0.15) is 0 Å². The highest BCUT2D eigenvalue weighted by atomic mass is 79.9. The maximum atomic E-state index is 12.8. The number of likely N-dealkylation sites (tertiary alicyclic amines) is 1. The number of amides is 1. The summed E-state index contributed by atoms with van der Waals surface area (Å²) in [5.74, 6) is 0.198. The van der Waals surface area contributed by atoms with Gasteiger partial charge in [-0.3, -0.25) is 4.79 Å². The third-order valence-electron chi connectivity index (χ3n) is 4.77. The van der Waals surface area contributed by atoms with Gasteiger partial charge in [-0.15, -0.1) is 0 Å². The van der Waals surface area contributed by atoms with Crippen LogP contribution in [0.3, 0.4) is 0 Å². The molecule has 2 bridgehead atoms. The molecule has 0 spiro atoms. The molecule has 0 N–H and O–H groups in total. The van der Waals surface area contributed by atoms with E-state index in [1.807, 2.05) is 24.3 Å². The number of benzene rings is 1. The van der Waals surface area contributed by atoms with Crippen molar-refractivity contribution in [3.05, 3.63) is 34.3 Å². The third-order valence-corrected chi connectivity index (χ3v) is 5.30. The van der Waals surface area contributed by atoms with Gasteiger partial charge in [-0.25, -0.2) is 0 Å². The van der Waals surface area contributed by atoms with Crippen LogP contribution in [0.1, 0.15) is 50.4 Å². The molecule has 2 atom stereocenters. The van der Waals surface area contributed by atoms with Crippen molar-refractivity contribution in [2.75, 3.05) is 6.54 Å². The van der Waals surface area contributed by atoms with E-state index in [0.717, 1.165) is 23.0 Å². The molecule has 1 aliphatic carbocycles. The molecule has 1 saturated carbocycles. The van der Waals surface area contributed by atoms with Crippen molar-refractivity contribution in [1.82, 2.24) is 4.90 Å². The molecule has 1 saturated heterocycles. The Bertz CT molecular complexity index is 536. The van der Waals surface area contributed by atoms with Crippen LogP contribution >= 0.6 is 15.9 Å². The quantitative estimate of drug-likeness (QED) is 0.740. The first-order chi connectivity index (χ1) is 9.28. The lowest BCUT2D eigenvalue weighted by atomic mass is 9.65. The lowest BCUT2D eigenvalue weighted by molar-refractivity contribution is 0.0708. The van der Waals surface area contributed by atoms with Crippen LogP contribution in [0, 0.1) is 10.8 Å². The van der Waals surface area contributed by atoms with E-state index in [2.05, 4.69) is 41.6 Å². The SMILES string of the molecule is CC1(C)CC2CC(C)(CN2C(=O)c2ccc(Br)cc2)C1. The summed E-state index contributed by atoms with van der Waals surface area (Å²) in [7, 11) is 0. The molecule has 1 amide bonds. The van der Waals surface area contributed by atoms with Crippen LogP contribution in [0.2, 0.25) is 0 Å². The van der Waals surface area contributed by atoms with E-state index in [-0.39, 0.29) is 5.91 Å². The summed E-state index contributed by atoms with van der Waals surface area (Å²) in [4.78, 5) is 14.9. The van der Waals surface area contributed by atoms with Crippen molar-refractivity contribution in [2.45, 2.75) is 46.1 Å². The van der Waals surface area contributed by atoms with E-state index < -0.39 is 0 Å². The molecule has 1 aliphatic heterocycles. The summed E-state index contributed by atoms with van der Waals surface area (Å²) in [5.41, 5.74) is 1.46. The Labute approximate surface area is 129 Å². The fourth-order valence-electron chi connectivity index (χ4n) is 4.46. The zero-order valence-corrected chi connectivity index (χ0v) is 14.0. The fourth-order valence-corrected chi connectivity index (χ4v) is 4.72. The zero-order chi connectivity index (χ0) is 14.5. The molecule has 3 heteroatoms. The second kappa shape index (κ2) is 4.59. The van der Waals surface area contributed by atoms with Crippen LogP contribution in [0.25, 0.3) is 0 Å². The number of rotatable bonds is 1. The van der Waals surface area contributed by atoms with E-state index in [0.29, 0.717) is 16.9 Å². The van der Waals surface area contributed by atoms with Gasteiger partial charge in [0.2, 0.25) is 0 Å². The van der Waals surface area contributed by atoms with Gasteiger partial charge < -0.3 is 4.90 Å². The first kappa shape index (κ1) is 14.1. The van der Waals surface area contributed by atoms with E-state index in [1.165, 1.54) is 12.8 Å². The average Bonchev–Trinajstić information content (AvgIpc) is 2.58. The Morgan fingerprint density at radius 3 is 2.50 bits per heavy atom. The minimum Gasteiger partial charge on any atom is -0.335 e. The van der Waals surface area contributed by atoms with Gasteiger partial charge in [0.05, 0.1) is 0 Å². The molecular weight excluding hydrogens is 314 g/mol. The zero-order valence-electron chi connectivity index (χ0n) is 12.4. The van der Waals surface area contributed by atoms with Crippen LogP contribution in [-0.2, 0) is 0 Å². The van der Waals surface area contributed by atoms with Gasteiger partial charge in [0.25, 0.3) is 5.91 Å². The predicted molar refractivity (Wildman–Crippen MR) is 84.7 cm³/mol. The highest BCUT2D eigenvalue weighted by molar-refractivity contribution is 9.10. The van der Waals surface area contributed by atoms with E-state index in [1.54, 1.807) is 0 Å². The summed E-state index contributed by atoms with van der Waals surface area (Å²) in [6.45, 7) is 7.93. The number of hydrogen-bond acceptors (Lipinski definition) is 1. The largest absolute Gasteiger partial charge is 0.335 e. The molecule has 3 rings (SSSR count). The van der Waals surface area contributed by atoms with Crippen molar-refractivity contribution >= 4 is 21.8 Å². The first-order valence-corrected chi connectivity index (χ1v) is 8.14. The van der Waals surface area contributed by atoms with Crippen LogP contribution in [0.5, 0.6) is 0 Å². The van der Waals surface area contributed by atoms with Crippen LogP contribution in [0.15, 0.2) is 28.7 Å². The molecule has 20 heavy (non-hydrogen) atoms. The number of carbonyl (C=O) groups excluding carboxylic acids is 1. The Kier molecular flexibility index (Phi) is 3.24. The minimum atomic E-state index is 0.198.